The first-order chi connectivity index (χ1) is 5.35. The van der Waals surface area contributed by atoms with Gasteiger partial charge in [-0.2, -0.15) is 0 Å². The molecule has 0 aliphatic heterocycles. The van der Waals surface area contributed by atoms with Gasteiger partial charge in [-0.05, 0) is 0 Å². The summed E-state index contributed by atoms with van der Waals surface area (Å²) in [6.45, 7) is 8.08. The highest BCUT2D eigenvalue weighted by Gasteiger charge is 2.03. The first kappa shape index (κ1) is 10.9. The van der Waals surface area contributed by atoms with Crippen LogP contribution in [0.1, 0.15) is 0 Å². The van der Waals surface area contributed by atoms with Crippen LogP contribution in [0.3, 0.4) is 0 Å². The molecular weight excluding hydrogens is 208 g/mol. The fraction of sp³-hybridized carbons (Fsp3) is 0.500. The van der Waals surface area contributed by atoms with Crippen LogP contribution in [0.5, 0.6) is 0 Å². The predicted octanol–water partition coefficient (Wildman–Crippen LogP) is 2.11. The van der Waals surface area contributed by atoms with Crippen LogP contribution in [0.2, 0.25) is 0 Å². The zero-order chi connectivity index (χ0) is 8.53. The van der Waals surface area contributed by atoms with E-state index in [0.717, 1.165) is 0 Å². The first-order valence-corrected chi connectivity index (χ1v) is 4.48. The minimum Gasteiger partial charge on any atom is -0.348 e. The Morgan fingerprint density at radius 3 is 1.91 bits per heavy atom. The molecule has 64 valence electrons. The smallest absolute Gasteiger partial charge is 0.168 e. The van der Waals surface area contributed by atoms with Gasteiger partial charge in [-0.3, -0.25) is 0 Å². The van der Waals surface area contributed by atoms with E-state index in [2.05, 4.69) is 29.1 Å². The Hall–Kier alpha value is -0.120. The zero-order valence-corrected chi connectivity index (χ0v) is 8.05. The number of hydrogen-bond acceptors (Lipinski definition) is 2. The highest BCUT2D eigenvalue weighted by Crippen LogP contribution is 1.99. The first-order valence-electron chi connectivity index (χ1n) is 3.36. The van der Waals surface area contributed by atoms with Crippen molar-refractivity contribution in [1.29, 1.82) is 0 Å². The second kappa shape index (κ2) is 7.98. The van der Waals surface area contributed by atoms with E-state index in [1.54, 1.807) is 12.2 Å². The van der Waals surface area contributed by atoms with E-state index in [9.17, 15) is 0 Å². The van der Waals surface area contributed by atoms with Crippen LogP contribution in [-0.2, 0) is 9.47 Å². The van der Waals surface area contributed by atoms with Crippen LogP contribution in [-0.4, -0.2) is 24.8 Å². The molecule has 0 aliphatic rings. The van der Waals surface area contributed by atoms with E-state index >= 15 is 0 Å². The Morgan fingerprint density at radius 2 is 1.64 bits per heavy atom. The molecular formula is C8H13BrO2. The van der Waals surface area contributed by atoms with Crippen LogP contribution in [0.4, 0.5) is 0 Å². The third-order valence-electron chi connectivity index (χ3n) is 0.926. The van der Waals surface area contributed by atoms with Crippen molar-refractivity contribution in [2.24, 2.45) is 0 Å². The molecule has 0 N–H and O–H groups in total. The molecule has 0 saturated carbocycles. The van der Waals surface area contributed by atoms with Crippen molar-refractivity contribution in [3.63, 3.8) is 0 Å². The van der Waals surface area contributed by atoms with Gasteiger partial charge in [0.2, 0.25) is 0 Å². The van der Waals surface area contributed by atoms with Crippen molar-refractivity contribution >= 4 is 15.9 Å². The van der Waals surface area contributed by atoms with Crippen molar-refractivity contribution in [3.8, 4) is 0 Å². The van der Waals surface area contributed by atoms with Gasteiger partial charge >= 0.3 is 0 Å². The minimum atomic E-state index is -0.203. The molecule has 0 saturated heterocycles. The normalized spacial score (nSPS) is 10.0. The maximum atomic E-state index is 5.21. The monoisotopic (exact) mass is 220 g/mol. The van der Waals surface area contributed by atoms with Gasteiger partial charge in [-0.25, -0.2) is 0 Å². The predicted molar refractivity (Wildman–Crippen MR) is 49.9 cm³/mol. The number of ether oxygens (including phenoxy) is 2. The summed E-state index contributed by atoms with van der Waals surface area (Å²) in [5.74, 6) is 0. The van der Waals surface area contributed by atoms with Crippen molar-refractivity contribution in [2.45, 2.75) is 6.29 Å². The maximum Gasteiger partial charge on any atom is 0.168 e. The Bertz CT molecular complexity index is 103. The molecule has 0 aliphatic carbocycles. The standard InChI is InChI=1S/C8H13BrO2/c1-3-5-10-8(7-9)11-6-4-2/h3-4,8H,1-2,5-7H2. The molecule has 2 nitrogen and oxygen atoms in total. The van der Waals surface area contributed by atoms with Gasteiger partial charge in [0, 0.05) is 0 Å². The molecule has 0 aromatic rings. The van der Waals surface area contributed by atoms with Gasteiger partial charge in [0.15, 0.2) is 6.29 Å². The van der Waals surface area contributed by atoms with E-state index in [1.807, 2.05) is 0 Å². The highest BCUT2D eigenvalue weighted by atomic mass is 79.9. The molecule has 0 radical (unpaired) electrons. The Kier molecular flexibility index (Phi) is 7.89. The van der Waals surface area contributed by atoms with Crippen LogP contribution < -0.4 is 0 Å². The lowest BCUT2D eigenvalue weighted by Gasteiger charge is -2.13. The van der Waals surface area contributed by atoms with Gasteiger partial charge in [0.1, 0.15) is 0 Å². The highest BCUT2D eigenvalue weighted by molar-refractivity contribution is 9.09. The number of rotatable bonds is 7. The molecule has 0 unspecified atom stereocenters. The molecule has 0 amide bonds. The molecule has 0 aromatic heterocycles. The van der Waals surface area contributed by atoms with Gasteiger partial charge < -0.3 is 9.47 Å². The largest absolute Gasteiger partial charge is 0.348 e. The van der Waals surface area contributed by atoms with Gasteiger partial charge in [-0.1, -0.05) is 28.1 Å². The minimum absolute atomic E-state index is 0.203. The topological polar surface area (TPSA) is 18.5 Å². The summed E-state index contributed by atoms with van der Waals surface area (Å²) in [5, 5.41) is 0.661. The van der Waals surface area contributed by atoms with Crippen molar-refractivity contribution in [2.75, 3.05) is 18.5 Å². The SMILES string of the molecule is C=CCOC(CBr)OCC=C. The van der Waals surface area contributed by atoms with Gasteiger partial charge in [0.25, 0.3) is 0 Å². The summed E-state index contributed by atoms with van der Waals surface area (Å²) in [6.07, 6.45) is 3.17. The van der Waals surface area contributed by atoms with Crippen LogP contribution in [0.15, 0.2) is 25.3 Å². The molecule has 0 atom stereocenters. The van der Waals surface area contributed by atoms with E-state index in [-0.39, 0.29) is 6.29 Å². The van der Waals surface area contributed by atoms with Crippen LogP contribution >= 0.6 is 15.9 Å². The molecule has 0 fully saturated rings. The molecule has 3 heteroatoms. The Morgan fingerprint density at radius 1 is 1.18 bits per heavy atom. The number of alkyl halides is 1. The van der Waals surface area contributed by atoms with E-state index in [0.29, 0.717) is 18.5 Å². The van der Waals surface area contributed by atoms with Crippen molar-refractivity contribution in [1.82, 2.24) is 0 Å². The quantitative estimate of drug-likeness (QED) is 0.372. The van der Waals surface area contributed by atoms with Gasteiger partial charge in [-0.15, -0.1) is 13.2 Å². The third-order valence-corrected chi connectivity index (χ3v) is 1.45. The summed E-state index contributed by atoms with van der Waals surface area (Å²) >= 11 is 3.26. The fourth-order valence-electron chi connectivity index (χ4n) is 0.488. The van der Waals surface area contributed by atoms with E-state index in [4.69, 9.17) is 9.47 Å². The Balaban J connectivity index is 3.39. The van der Waals surface area contributed by atoms with E-state index in [1.165, 1.54) is 0 Å². The average Bonchev–Trinajstić information content (AvgIpc) is 2.05. The van der Waals surface area contributed by atoms with Crippen molar-refractivity contribution in [3.05, 3.63) is 25.3 Å². The van der Waals surface area contributed by atoms with Crippen molar-refractivity contribution < 1.29 is 9.47 Å². The zero-order valence-electron chi connectivity index (χ0n) is 6.46. The second-order valence-electron chi connectivity index (χ2n) is 1.83. The molecule has 0 bridgehead atoms. The maximum absolute atomic E-state index is 5.21. The van der Waals surface area contributed by atoms with Crippen LogP contribution in [0.25, 0.3) is 0 Å². The van der Waals surface area contributed by atoms with Gasteiger partial charge in [0.05, 0.1) is 18.5 Å². The summed E-state index contributed by atoms with van der Waals surface area (Å²) in [7, 11) is 0. The lowest BCUT2D eigenvalue weighted by atomic mass is 10.6. The molecule has 0 rings (SSSR count). The summed E-state index contributed by atoms with van der Waals surface area (Å²) < 4.78 is 10.4. The fourth-order valence-corrected chi connectivity index (χ4v) is 0.862. The summed E-state index contributed by atoms with van der Waals surface area (Å²) in [6, 6.07) is 0. The summed E-state index contributed by atoms with van der Waals surface area (Å²) in [5.41, 5.74) is 0. The number of hydrogen-bond donors (Lipinski definition) is 0. The molecule has 0 spiro atoms. The average molecular weight is 221 g/mol. The third kappa shape index (κ3) is 6.28. The van der Waals surface area contributed by atoms with E-state index < -0.39 is 0 Å². The Labute approximate surface area is 76.0 Å². The molecule has 0 heterocycles. The number of halogens is 1. The summed E-state index contributed by atoms with van der Waals surface area (Å²) in [4.78, 5) is 0. The second-order valence-corrected chi connectivity index (χ2v) is 2.48. The van der Waals surface area contributed by atoms with Crippen LogP contribution in [0, 0.1) is 0 Å². The lowest BCUT2D eigenvalue weighted by molar-refractivity contribution is -0.109. The molecule has 0 aromatic carbocycles. The molecule has 11 heavy (non-hydrogen) atoms. The lowest BCUT2D eigenvalue weighted by Crippen LogP contribution is -2.18.